The number of aliphatic hydroxyl groups is 1. The van der Waals surface area contributed by atoms with E-state index in [2.05, 4.69) is 5.32 Å². The molecule has 1 aromatic carbocycles. The van der Waals surface area contributed by atoms with Crippen LogP contribution in [0.5, 0.6) is 5.75 Å². The van der Waals surface area contributed by atoms with Crippen molar-refractivity contribution in [3.05, 3.63) is 23.8 Å². The summed E-state index contributed by atoms with van der Waals surface area (Å²) >= 11 is 0. The number of carbonyl (C=O) groups excluding carboxylic acids is 1. The van der Waals surface area contributed by atoms with Crippen LogP contribution in [-0.2, 0) is 24.3 Å². The van der Waals surface area contributed by atoms with Gasteiger partial charge in [-0.15, -0.1) is 0 Å². The maximum Gasteiger partial charge on any atom is 0.252 e. The lowest BCUT2D eigenvalue weighted by Crippen LogP contribution is -2.55. The van der Waals surface area contributed by atoms with Crippen LogP contribution in [0.25, 0.3) is 0 Å². The number of sulfonamides is 1. The van der Waals surface area contributed by atoms with E-state index >= 15 is 0 Å². The number of nitrogens with zero attached hydrogens (tertiary/aromatic N) is 4. The molecule has 2 saturated carbocycles. The van der Waals surface area contributed by atoms with Gasteiger partial charge in [-0.05, 0) is 57.7 Å². The maximum absolute atomic E-state index is 14.0. The van der Waals surface area contributed by atoms with Crippen molar-refractivity contribution in [3.8, 4) is 5.75 Å². The molecule has 2 aliphatic carbocycles. The van der Waals surface area contributed by atoms with Gasteiger partial charge in [-0.2, -0.15) is 9.41 Å². The number of ether oxygens (including phenoxy) is 3. The van der Waals surface area contributed by atoms with Crippen molar-refractivity contribution in [2.24, 2.45) is 16.0 Å². The van der Waals surface area contributed by atoms with Gasteiger partial charge in [0.15, 0.2) is 17.7 Å². The number of carbonyl (C=O) groups is 1. The van der Waals surface area contributed by atoms with E-state index in [1.165, 1.54) is 16.4 Å². The van der Waals surface area contributed by atoms with E-state index in [9.17, 15) is 18.3 Å². The van der Waals surface area contributed by atoms with Crippen LogP contribution in [0.3, 0.4) is 0 Å². The zero-order chi connectivity index (χ0) is 30.2. The summed E-state index contributed by atoms with van der Waals surface area (Å²) in [5.74, 6) is 0.845. The zero-order valence-electron chi connectivity index (χ0n) is 25.0. The number of amides is 1. The number of rotatable bonds is 10. The molecule has 3 heterocycles. The minimum atomic E-state index is -4.07. The third kappa shape index (κ3) is 5.94. The normalized spacial score (nSPS) is 27.4. The third-order valence-electron chi connectivity index (χ3n) is 9.16. The fourth-order valence-electron chi connectivity index (χ4n) is 7.04. The topological polar surface area (TPSA) is 142 Å². The van der Waals surface area contributed by atoms with Crippen LogP contribution in [-0.4, -0.2) is 97.3 Å². The average Bonchev–Trinajstić information content (AvgIpc) is 3.73. The molecule has 1 amide bonds. The lowest BCUT2D eigenvalue weighted by Gasteiger charge is -2.32. The Morgan fingerprint density at radius 2 is 1.95 bits per heavy atom. The number of aliphatic imine (C=N–C) groups is 1. The van der Waals surface area contributed by atoms with Crippen LogP contribution in [0, 0.1) is 5.92 Å². The summed E-state index contributed by atoms with van der Waals surface area (Å²) in [6.45, 7) is 4.02. The monoisotopic (exact) mass is 617 g/mol. The molecular formula is C30H43N5O7S. The number of hydrogen-bond donors (Lipinski definition) is 2. The van der Waals surface area contributed by atoms with E-state index in [-0.39, 0.29) is 48.3 Å². The van der Waals surface area contributed by atoms with Gasteiger partial charge in [0.05, 0.1) is 42.4 Å². The molecule has 0 aromatic heterocycles. The number of benzene rings is 1. The van der Waals surface area contributed by atoms with Crippen molar-refractivity contribution in [2.45, 2.75) is 101 Å². The van der Waals surface area contributed by atoms with Gasteiger partial charge in [-0.25, -0.2) is 13.4 Å². The Balaban J connectivity index is 1.30. The first kappa shape index (κ1) is 30.4. The van der Waals surface area contributed by atoms with E-state index in [0.29, 0.717) is 24.5 Å². The van der Waals surface area contributed by atoms with Gasteiger partial charge >= 0.3 is 0 Å². The lowest BCUT2D eigenvalue weighted by atomic mass is 9.94. The van der Waals surface area contributed by atoms with Crippen LogP contribution in [0.2, 0.25) is 0 Å². The number of fused-ring (bicyclic) bond motifs is 1. The Bertz CT molecular complexity index is 1370. The summed E-state index contributed by atoms with van der Waals surface area (Å²) in [6, 6.07) is 3.79. The van der Waals surface area contributed by atoms with E-state index in [0.717, 1.165) is 63.6 Å². The molecule has 1 saturated heterocycles. The van der Waals surface area contributed by atoms with Gasteiger partial charge in [0, 0.05) is 31.8 Å². The third-order valence-corrected chi connectivity index (χ3v) is 11.0. The quantitative estimate of drug-likeness (QED) is 0.408. The van der Waals surface area contributed by atoms with Gasteiger partial charge in [0.2, 0.25) is 10.0 Å². The first-order valence-corrected chi connectivity index (χ1v) is 17.1. The second kappa shape index (κ2) is 12.4. The second-order valence-corrected chi connectivity index (χ2v) is 14.1. The summed E-state index contributed by atoms with van der Waals surface area (Å²) in [5, 5.41) is 19.3. The molecule has 3 aliphatic heterocycles. The smallest absolute Gasteiger partial charge is 0.252 e. The number of amidine groups is 2. The number of aliphatic hydroxyl groups excluding tert-OH is 1. The second-order valence-electron chi connectivity index (χ2n) is 12.1. The van der Waals surface area contributed by atoms with Crippen molar-refractivity contribution in [3.63, 3.8) is 0 Å². The highest BCUT2D eigenvalue weighted by molar-refractivity contribution is 7.89. The molecular weight excluding hydrogens is 574 g/mol. The molecule has 2 N–H and O–H groups in total. The fraction of sp³-hybridized carbons (Fsp3) is 0.700. The molecule has 0 radical (unpaired) electrons. The minimum Gasteiger partial charge on any atom is -0.493 e. The van der Waals surface area contributed by atoms with Crippen molar-refractivity contribution in [1.29, 1.82) is 0 Å². The standard InChI is InChI=1S/C30H43N5O7S/c1-3-40-25-12-11-23(43(38,39)34(15-16-36)18-22-19-41-30(42-22)13-7-4-8-14-30)17-24(25)27-32-29(37)26-20(2)31-28(35(26)33-27)21-9-5-6-10-21/h11-12,17,20-22,26,36H,3-10,13-16,18-19H2,1-2H3,(H,32,33,37). The van der Waals surface area contributed by atoms with Crippen molar-refractivity contribution in [1.82, 2.24) is 14.6 Å². The molecule has 1 spiro atoms. The molecule has 236 valence electrons. The van der Waals surface area contributed by atoms with Gasteiger partial charge < -0.3 is 24.6 Å². The van der Waals surface area contributed by atoms with Crippen LogP contribution in [0.4, 0.5) is 0 Å². The highest BCUT2D eigenvalue weighted by Crippen LogP contribution is 2.39. The van der Waals surface area contributed by atoms with Crippen LogP contribution in [0.1, 0.15) is 77.2 Å². The van der Waals surface area contributed by atoms with Crippen molar-refractivity contribution < 1.29 is 32.5 Å². The number of nitrogens with one attached hydrogen (secondary N) is 1. The Kier molecular flexibility index (Phi) is 8.80. The molecule has 3 fully saturated rings. The predicted molar refractivity (Wildman–Crippen MR) is 159 cm³/mol. The molecule has 5 aliphatic rings. The molecule has 6 rings (SSSR count). The van der Waals surface area contributed by atoms with Crippen molar-refractivity contribution in [2.75, 3.05) is 32.9 Å². The first-order chi connectivity index (χ1) is 20.7. The van der Waals surface area contributed by atoms with E-state index in [1.807, 2.05) is 13.8 Å². The summed E-state index contributed by atoms with van der Waals surface area (Å²) in [4.78, 5) is 18.2. The summed E-state index contributed by atoms with van der Waals surface area (Å²) in [6.07, 6.45) is 8.61. The van der Waals surface area contributed by atoms with E-state index in [4.69, 9.17) is 24.3 Å². The van der Waals surface area contributed by atoms with E-state index in [1.54, 1.807) is 11.1 Å². The number of hydrazone groups is 1. The van der Waals surface area contributed by atoms with Crippen LogP contribution >= 0.6 is 0 Å². The van der Waals surface area contributed by atoms with Crippen molar-refractivity contribution >= 4 is 27.6 Å². The molecule has 43 heavy (non-hydrogen) atoms. The van der Waals surface area contributed by atoms with Gasteiger partial charge in [0.25, 0.3) is 5.91 Å². The molecule has 3 atom stereocenters. The summed E-state index contributed by atoms with van der Waals surface area (Å²) in [5.41, 5.74) is 0.366. The van der Waals surface area contributed by atoms with Crippen LogP contribution < -0.4 is 10.1 Å². The van der Waals surface area contributed by atoms with Gasteiger partial charge in [0.1, 0.15) is 11.6 Å². The Hall–Kier alpha value is -2.58. The van der Waals surface area contributed by atoms with Gasteiger partial charge in [-0.3, -0.25) is 9.79 Å². The van der Waals surface area contributed by atoms with Gasteiger partial charge in [-0.1, -0.05) is 19.3 Å². The average molecular weight is 618 g/mol. The Labute approximate surface area is 253 Å². The Morgan fingerprint density at radius 1 is 1.19 bits per heavy atom. The Morgan fingerprint density at radius 3 is 2.67 bits per heavy atom. The van der Waals surface area contributed by atoms with Crippen LogP contribution in [0.15, 0.2) is 33.2 Å². The van der Waals surface area contributed by atoms with E-state index < -0.39 is 28.0 Å². The lowest BCUT2D eigenvalue weighted by molar-refractivity contribution is -0.187. The zero-order valence-corrected chi connectivity index (χ0v) is 25.9. The summed E-state index contributed by atoms with van der Waals surface area (Å²) in [7, 11) is -4.07. The fourth-order valence-corrected chi connectivity index (χ4v) is 8.53. The molecule has 1 aromatic rings. The first-order valence-electron chi connectivity index (χ1n) is 15.7. The minimum absolute atomic E-state index is 0.00393. The largest absolute Gasteiger partial charge is 0.493 e. The molecule has 13 heteroatoms. The highest BCUT2D eigenvalue weighted by atomic mass is 32.2. The highest BCUT2D eigenvalue weighted by Gasteiger charge is 2.46. The number of hydrogen-bond acceptors (Lipinski definition) is 10. The predicted octanol–water partition coefficient (Wildman–Crippen LogP) is 2.60. The molecule has 3 unspecified atom stereocenters. The summed E-state index contributed by atoms with van der Waals surface area (Å²) < 4.78 is 47.5. The SMILES string of the molecule is CCOc1ccc(S(=O)(=O)N(CCO)CC2COC3(CCCCC3)O2)cc1C1=NN2C(C3CCCC3)=NC(C)C2C(=O)N1. The molecule has 0 bridgehead atoms. The maximum atomic E-state index is 14.0. The molecule has 12 nitrogen and oxygen atoms in total.